The van der Waals surface area contributed by atoms with Crippen molar-refractivity contribution in [3.05, 3.63) is 71.3 Å². The van der Waals surface area contributed by atoms with Crippen LogP contribution in [0.2, 0.25) is 0 Å². The average molecular weight is 315 g/mol. The van der Waals surface area contributed by atoms with Crippen LogP contribution in [0.3, 0.4) is 0 Å². The Hall–Kier alpha value is -2.23. The molecular formula is C19H19F2NO. The van der Waals surface area contributed by atoms with E-state index in [0.717, 1.165) is 24.0 Å². The zero-order valence-corrected chi connectivity index (χ0v) is 12.8. The lowest BCUT2D eigenvalue weighted by molar-refractivity contribution is -0.132. The van der Waals surface area contributed by atoms with E-state index in [1.54, 1.807) is 18.2 Å². The Morgan fingerprint density at radius 3 is 2.39 bits per heavy atom. The largest absolute Gasteiger partial charge is 0.335 e. The molecule has 23 heavy (non-hydrogen) atoms. The quantitative estimate of drug-likeness (QED) is 0.786. The van der Waals surface area contributed by atoms with Crippen LogP contribution in [0.15, 0.2) is 48.5 Å². The summed E-state index contributed by atoms with van der Waals surface area (Å²) in [6.07, 6.45) is 3.00. The number of carbonyl (C=O) groups is 1. The van der Waals surface area contributed by atoms with E-state index in [2.05, 4.69) is 0 Å². The van der Waals surface area contributed by atoms with Crippen molar-refractivity contribution in [2.75, 3.05) is 0 Å². The average Bonchev–Trinajstić information content (AvgIpc) is 3.36. The number of hydrogen-bond acceptors (Lipinski definition) is 1. The van der Waals surface area contributed by atoms with Crippen LogP contribution in [0, 0.1) is 11.6 Å². The summed E-state index contributed by atoms with van der Waals surface area (Å²) < 4.78 is 26.2. The molecule has 0 bridgehead atoms. The number of rotatable bonds is 6. The Labute approximate surface area is 134 Å². The highest BCUT2D eigenvalue weighted by Crippen LogP contribution is 2.29. The fourth-order valence-electron chi connectivity index (χ4n) is 2.69. The topological polar surface area (TPSA) is 20.3 Å². The summed E-state index contributed by atoms with van der Waals surface area (Å²) in [6, 6.07) is 12.9. The molecule has 0 unspecified atom stereocenters. The van der Waals surface area contributed by atoms with Gasteiger partial charge in [-0.05, 0) is 54.7 Å². The molecule has 2 nitrogen and oxygen atoms in total. The molecule has 0 atom stereocenters. The Morgan fingerprint density at radius 1 is 1.00 bits per heavy atom. The van der Waals surface area contributed by atoms with Gasteiger partial charge in [0.25, 0.3) is 0 Å². The molecule has 2 aromatic carbocycles. The first-order valence-corrected chi connectivity index (χ1v) is 7.90. The van der Waals surface area contributed by atoms with Crippen LogP contribution in [0.1, 0.15) is 30.4 Å². The minimum atomic E-state index is -0.281. The molecule has 0 spiro atoms. The first-order valence-electron chi connectivity index (χ1n) is 7.90. The van der Waals surface area contributed by atoms with Gasteiger partial charge in [0.05, 0.1) is 0 Å². The monoisotopic (exact) mass is 315 g/mol. The van der Waals surface area contributed by atoms with E-state index < -0.39 is 0 Å². The van der Waals surface area contributed by atoms with Gasteiger partial charge in [-0.3, -0.25) is 4.79 Å². The normalized spacial score (nSPS) is 13.8. The van der Waals surface area contributed by atoms with Gasteiger partial charge in [-0.1, -0.05) is 24.3 Å². The Bertz CT molecular complexity index is 680. The van der Waals surface area contributed by atoms with E-state index >= 15 is 0 Å². The maximum Gasteiger partial charge on any atom is 0.223 e. The van der Waals surface area contributed by atoms with Gasteiger partial charge in [-0.2, -0.15) is 0 Å². The molecule has 120 valence electrons. The predicted octanol–water partition coefficient (Wildman–Crippen LogP) is 4.09. The van der Waals surface area contributed by atoms with Crippen molar-refractivity contribution in [3.8, 4) is 0 Å². The number of amides is 1. The molecule has 1 fully saturated rings. The second-order valence-corrected chi connectivity index (χ2v) is 6.01. The lowest BCUT2D eigenvalue weighted by atomic mass is 10.1. The van der Waals surface area contributed by atoms with E-state index in [4.69, 9.17) is 0 Å². The summed E-state index contributed by atoms with van der Waals surface area (Å²) in [5.74, 6) is -0.483. The fourth-order valence-corrected chi connectivity index (χ4v) is 2.69. The second kappa shape index (κ2) is 6.90. The van der Waals surface area contributed by atoms with Gasteiger partial charge in [0.1, 0.15) is 11.6 Å². The first-order chi connectivity index (χ1) is 11.1. The zero-order chi connectivity index (χ0) is 16.2. The van der Waals surface area contributed by atoms with E-state index in [1.165, 1.54) is 24.3 Å². The molecule has 1 aliphatic carbocycles. The smallest absolute Gasteiger partial charge is 0.223 e. The van der Waals surface area contributed by atoms with Crippen LogP contribution in [-0.4, -0.2) is 16.8 Å². The maximum atomic E-state index is 13.3. The molecular weight excluding hydrogens is 296 g/mol. The zero-order valence-electron chi connectivity index (χ0n) is 12.8. The van der Waals surface area contributed by atoms with Crippen molar-refractivity contribution in [2.45, 2.75) is 38.3 Å². The van der Waals surface area contributed by atoms with Crippen molar-refractivity contribution >= 4 is 5.91 Å². The highest BCUT2D eigenvalue weighted by molar-refractivity contribution is 5.77. The number of benzene rings is 2. The summed E-state index contributed by atoms with van der Waals surface area (Å²) in [4.78, 5) is 14.4. The van der Waals surface area contributed by atoms with Crippen molar-refractivity contribution in [1.29, 1.82) is 0 Å². The van der Waals surface area contributed by atoms with Gasteiger partial charge in [-0.15, -0.1) is 0 Å². The van der Waals surface area contributed by atoms with Gasteiger partial charge in [0.15, 0.2) is 0 Å². The van der Waals surface area contributed by atoms with Gasteiger partial charge >= 0.3 is 0 Å². The fraction of sp³-hybridized carbons (Fsp3) is 0.316. The third-order valence-corrected chi connectivity index (χ3v) is 4.09. The number of hydrogen-bond donors (Lipinski definition) is 0. The molecule has 1 aliphatic rings. The molecule has 1 saturated carbocycles. The summed E-state index contributed by atoms with van der Waals surface area (Å²) >= 11 is 0. The van der Waals surface area contributed by atoms with Gasteiger partial charge < -0.3 is 4.90 Å². The van der Waals surface area contributed by atoms with Crippen LogP contribution < -0.4 is 0 Å². The van der Waals surface area contributed by atoms with E-state index in [-0.39, 0.29) is 23.6 Å². The van der Waals surface area contributed by atoms with Gasteiger partial charge in [-0.25, -0.2) is 8.78 Å². The summed E-state index contributed by atoms with van der Waals surface area (Å²) in [5, 5.41) is 0. The van der Waals surface area contributed by atoms with E-state index in [1.807, 2.05) is 11.0 Å². The maximum absolute atomic E-state index is 13.3. The number of aryl methyl sites for hydroxylation is 1. The molecule has 3 rings (SSSR count). The molecule has 0 aliphatic heterocycles. The minimum absolute atomic E-state index is 0.0705. The van der Waals surface area contributed by atoms with Crippen LogP contribution >= 0.6 is 0 Å². The Balaban J connectivity index is 1.61. The standard InChI is InChI=1S/C19H19F2NO/c20-16-7-4-14(5-8-16)6-11-19(23)22(18-9-10-18)13-15-2-1-3-17(21)12-15/h1-5,7-8,12,18H,6,9-11,13H2. The molecule has 2 aromatic rings. The number of halogens is 2. The van der Waals surface area contributed by atoms with Crippen molar-refractivity contribution in [1.82, 2.24) is 4.90 Å². The highest BCUT2D eigenvalue weighted by Gasteiger charge is 2.32. The molecule has 0 aromatic heterocycles. The Morgan fingerprint density at radius 2 is 1.74 bits per heavy atom. The van der Waals surface area contributed by atoms with Crippen LogP contribution in [0.5, 0.6) is 0 Å². The molecule has 0 radical (unpaired) electrons. The van der Waals surface area contributed by atoms with Crippen molar-refractivity contribution in [3.63, 3.8) is 0 Å². The SMILES string of the molecule is O=C(CCc1ccc(F)cc1)N(Cc1cccc(F)c1)C1CC1. The van der Waals surface area contributed by atoms with Crippen LogP contribution in [0.4, 0.5) is 8.78 Å². The van der Waals surface area contributed by atoms with Gasteiger partial charge in [0, 0.05) is 19.0 Å². The first kappa shape index (κ1) is 15.7. The van der Waals surface area contributed by atoms with Gasteiger partial charge in [0.2, 0.25) is 5.91 Å². The second-order valence-electron chi connectivity index (χ2n) is 6.01. The van der Waals surface area contributed by atoms with Crippen LogP contribution in [0.25, 0.3) is 0 Å². The lowest BCUT2D eigenvalue weighted by Crippen LogP contribution is -2.32. The predicted molar refractivity (Wildman–Crippen MR) is 84.7 cm³/mol. The lowest BCUT2D eigenvalue weighted by Gasteiger charge is -2.22. The molecule has 4 heteroatoms. The van der Waals surface area contributed by atoms with Crippen LogP contribution in [-0.2, 0) is 17.8 Å². The molecule has 0 N–H and O–H groups in total. The minimum Gasteiger partial charge on any atom is -0.335 e. The third-order valence-electron chi connectivity index (χ3n) is 4.09. The highest BCUT2D eigenvalue weighted by atomic mass is 19.1. The molecule has 0 heterocycles. The number of carbonyl (C=O) groups excluding carboxylic acids is 1. The van der Waals surface area contributed by atoms with Crippen molar-refractivity contribution in [2.24, 2.45) is 0 Å². The third kappa shape index (κ3) is 4.38. The number of nitrogens with zero attached hydrogens (tertiary/aromatic N) is 1. The van der Waals surface area contributed by atoms with Crippen molar-refractivity contribution < 1.29 is 13.6 Å². The molecule has 0 saturated heterocycles. The summed E-state index contributed by atoms with van der Waals surface area (Å²) in [6.45, 7) is 0.449. The summed E-state index contributed by atoms with van der Waals surface area (Å²) in [7, 11) is 0. The molecule has 1 amide bonds. The summed E-state index contributed by atoms with van der Waals surface area (Å²) in [5.41, 5.74) is 1.76. The Kier molecular flexibility index (Phi) is 4.70. The van der Waals surface area contributed by atoms with E-state index in [0.29, 0.717) is 19.4 Å². The van der Waals surface area contributed by atoms with E-state index in [9.17, 15) is 13.6 Å².